The van der Waals surface area contributed by atoms with Gasteiger partial charge in [0.15, 0.2) is 0 Å². The third-order valence-corrected chi connectivity index (χ3v) is 4.52. The quantitative estimate of drug-likeness (QED) is 0.788. The fraction of sp³-hybridized carbons (Fsp3) is 0.933. The fourth-order valence-corrected chi connectivity index (χ4v) is 2.75. The van der Waals surface area contributed by atoms with E-state index in [1.165, 1.54) is 25.7 Å². The normalized spacial score (nSPS) is 21.1. The zero-order valence-electron chi connectivity index (χ0n) is 12.7. The van der Waals surface area contributed by atoms with Gasteiger partial charge in [0, 0.05) is 25.7 Å². The molecular formula is C15H29N3O. The SMILES string of the molecule is CC(C)N(C)C(=O)CN(CC1CCNCC1)C1CC1. The Bertz CT molecular complexity index is 296. The number of amides is 1. The Labute approximate surface area is 117 Å². The lowest BCUT2D eigenvalue weighted by Crippen LogP contribution is -2.44. The molecule has 19 heavy (non-hydrogen) atoms. The highest BCUT2D eigenvalue weighted by Crippen LogP contribution is 2.28. The number of hydrogen-bond donors (Lipinski definition) is 1. The second-order valence-electron chi connectivity index (χ2n) is 6.45. The van der Waals surface area contributed by atoms with E-state index in [1.54, 1.807) is 0 Å². The fourth-order valence-electron chi connectivity index (χ4n) is 2.75. The number of carbonyl (C=O) groups excluding carboxylic acids is 1. The van der Waals surface area contributed by atoms with Crippen LogP contribution in [0.4, 0.5) is 0 Å². The van der Waals surface area contributed by atoms with Crippen LogP contribution in [-0.2, 0) is 4.79 Å². The van der Waals surface area contributed by atoms with Crippen LogP contribution in [0.2, 0.25) is 0 Å². The van der Waals surface area contributed by atoms with Crippen molar-refractivity contribution >= 4 is 5.91 Å². The molecule has 2 rings (SSSR count). The zero-order valence-corrected chi connectivity index (χ0v) is 12.7. The molecule has 2 aliphatic rings. The summed E-state index contributed by atoms with van der Waals surface area (Å²) in [6.45, 7) is 8.16. The van der Waals surface area contributed by atoms with Crippen molar-refractivity contribution in [3.63, 3.8) is 0 Å². The highest BCUT2D eigenvalue weighted by molar-refractivity contribution is 5.78. The zero-order chi connectivity index (χ0) is 13.8. The van der Waals surface area contributed by atoms with E-state index in [0.717, 1.165) is 25.6 Å². The molecule has 2 fully saturated rings. The summed E-state index contributed by atoms with van der Waals surface area (Å²) in [6.07, 6.45) is 5.09. The molecule has 0 bridgehead atoms. The number of nitrogens with zero attached hydrogens (tertiary/aromatic N) is 2. The first-order chi connectivity index (χ1) is 9.08. The Balaban J connectivity index is 1.83. The lowest BCUT2D eigenvalue weighted by Gasteiger charge is -2.31. The topological polar surface area (TPSA) is 35.6 Å². The van der Waals surface area contributed by atoms with Crippen molar-refractivity contribution in [1.29, 1.82) is 0 Å². The van der Waals surface area contributed by atoms with Crippen LogP contribution in [0.1, 0.15) is 39.5 Å². The molecule has 0 aromatic carbocycles. The third-order valence-electron chi connectivity index (χ3n) is 4.52. The Hall–Kier alpha value is -0.610. The van der Waals surface area contributed by atoms with Gasteiger partial charge >= 0.3 is 0 Å². The second kappa shape index (κ2) is 6.71. The molecule has 1 aliphatic heterocycles. The Morgan fingerprint density at radius 2 is 1.84 bits per heavy atom. The number of carbonyl (C=O) groups is 1. The van der Waals surface area contributed by atoms with E-state index in [4.69, 9.17) is 0 Å². The standard InChI is InChI=1S/C15H29N3O/c1-12(2)17(3)15(19)11-18(14-4-5-14)10-13-6-8-16-9-7-13/h12-14,16H,4-11H2,1-3H3. The molecule has 0 aromatic heterocycles. The van der Waals surface area contributed by atoms with Gasteiger partial charge in [0.2, 0.25) is 5.91 Å². The summed E-state index contributed by atoms with van der Waals surface area (Å²) in [7, 11) is 1.92. The summed E-state index contributed by atoms with van der Waals surface area (Å²) < 4.78 is 0. The maximum absolute atomic E-state index is 12.2. The third kappa shape index (κ3) is 4.46. The van der Waals surface area contributed by atoms with Gasteiger partial charge in [-0.2, -0.15) is 0 Å². The Kier molecular flexibility index (Phi) is 5.22. The van der Waals surface area contributed by atoms with E-state index in [2.05, 4.69) is 24.1 Å². The van der Waals surface area contributed by atoms with Crippen molar-refractivity contribution in [3.8, 4) is 0 Å². The van der Waals surface area contributed by atoms with Gasteiger partial charge in [0.25, 0.3) is 0 Å². The number of likely N-dealkylation sites (N-methyl/N-ethyl adjacent to an activating group) is 1. The van der Waals surface area contributed by atoms with Crippen molar-refractivity contribution in [2.24, 2.45) is 5.92 Å². The van der Waals surface area contributed by atoms with Gasteiger partial charge in [0.05, 0.1) is 6.54 Å². The van der Waals surface area contributed by atoms with E-state index in [0.29, 0.717) is 18.6 Å². The smallest absolute Gasteiger partial charge is 0.236 e. The van der Waals surface area contributed by atoms with Crippen molar-refractivity contribution in [2.75, 3.05) is 33.2 Å². The number of hydrogen-bond acceptors (Lipinski definition) is 3. The van der Waals surface area contributed by atoms with Crippen LogP contribution in [0.3, 0.4) is 0 Å². The maximum Gasteiger partial charge on any atom is 0.236 e. The largest absolute Gasteiger partial charge is 0.342 e. The first-order valence-electron chi connectivity index (χ1n) is 7.78. The molecule has 1 amide bonds. The molecule has 4 heteroatoms. The van der Waals surface area contributed by atoms with E-state index < -0.39 is 0 Å². The predicted molar refractivity (Wildman–Crippen MR) is 78.1 cm³/mol. The lowest BCUT2D eigenvalue weighted by molar-refractivity contribution is -0.132. The molecular weight excluding hydrogens is 238 g/mol. The van der Waals surface area contributed by atoms with Crippen LogP contribution in [-0.4, -0.2) is 61.0 Å². The van der Waals surface area contributed by atoms with Crippen LogP contribution in [0.25, 0.3) is 0 Å². The van der Waals surface area contributed by atoms with Crippen LogP contribution < -0.4 is 5.32 Å². The molecule has 1 heterocycles. The minimum Gasteiger partial charge on any atom is -0.342 e. The lowest BCUT2D eigenvalue weighted by atomic mass is 9.97. The number of nitrogens with one attached hydrogen (secondary N) is 1. The second-order valence-corrected chi connectivity index (χ2v) is 6.45. The minimum atomic E-state index is 0.274. The summed E-state index contributed by atoms with van der Waals surface area (Å²) in [6, 6.07) is 0.979. The van der Waals surface area contributed by atoms with Gasteiger partial charge in [-0.1, -0.05) is 0 Å². The monoisotopic (exact) mass is 267 g/mol. The summed E-state index contributed by atoms with van der Waals surface area (Å²) in [4.78, 5) is 16.6. The Morgan fingerprint density at radius 3 is 2.37 bits per heavy atom. The van der Waals surface area contributed by atoms with E-state index in [-0.39, 0.29) is 5.91 Å². The first-order valence-corrected chi connectivity index (χ1v) is 7.78. The number of rotatable bonds is 6. The molecule has 1 saturated carbocycles. The van der Waals surface area contributed by atoms with E-state index >= 15 is 0 Å². The first kappa shape index (κ1) is 14.8. The summed E-state index contributed by atoms with van der Waals surface area (Å²) in [5.74, 6) is 1.05. The Morgan fingerprint density at radius 1 is 1.21 bits per heavy atom. The highest BCUT2D eigenvalue weighted by atomic mass is 16.2. The average molecular weight is 267 g/mol. The van der Waals surface area contributed by atoms with Crippen molar-refractivity contribution in [3.05, 3.63) is 0 Å². The van der Waals surface area contributed by atoms with Gasteiger partial charge < -0.3 is 10.2 Å². The molecule has 1 aliphatic carbocycles. The van der Waals surface area contributed by atoms with Crippen LogP contribution >= 0.6 is 0 Å². The van der Waals surface area contributed by atoms with Gasteiger partial charge in [-0.15, -0.1) is 0 Å². The van der Waals surface area contributed by atoms with Gasteiger partial charge in [-0.25, -0.2) is 0 Å². The molecule has 0 aromatic rings. The van der Waals surface area contributed by atoms with Gasteiger partial charge in [-0.3, -0.25) is 9.69 Å². The molecule has 110 valence electrons. The molecule has 0 radical (unpaired) electrons. The molecule has 1 N–H and O–H groups in total. The van der Waals surface area contributed by atoms with Crippen molar-refractivity contribution in [1.82, 2.24) is 15.1 Å². The molecule has 4 nitrogen and oxygen atoms in total. The number of piperidine rings is 1. The van der Waals surface area contributed by atoms with Crippen molar-refractivity contribution < 1.29 is 4.79 Å². The molecule has 0 unspecified atom stereocenters. The van der Waals surface area contributed by atoms with Gasteiger partial charge in [-0.05, 0) is 58.5 Å². The van der Waals surface area contributed by atoms with Crippen LogP contribution in [0, 0.1) is 5.92 Å². The summed E-state index contributed by atoms with van der Waals surface area (Å²) >= 11 is 0. The summed E-state index contributed by atoms with van der Waals surface area (Å²) in [5, 5.41) is 3.41. The predicted octanol–water partition coefficient (Wildman–Crippen LogP) is 1.32. The molecule has 0 spiro atoms. The van der Waals surface area contributed by atoms with E-state index in [9.17, 15) is 4.79 Å². The van der Waals surface area contributed by atoms with Crippen molar-refractivity contribution in [2.45, 2.75) is 51.6 Å². The highest BCUT2D eigenvalue weighted by Gasteiger charge is 2.32. The van der Waals surface area contributed by atoms with E-state index in [1.807, 2.05) is 11.9 Å². The molecule has 0 atom stereocenters. The maximum atomic E-state index is 12.2. The van der Waals surface area contributed by atoms with Crippen LogP contribution in [0.5, 0.6) is 0 Å². The van der Waals surface area contributed by atoms with Gasteiger partial charge in [0.1, 0.15) is 0 Å². The molecule has 1 saturated heterocycles. The van der Waals surface area contributed by atoms with Crippen LogP contribution in [0.15, 0.2) is 0 Å². The summed E-state index contributed by atoms with van der Waals surface area (Å²) in [5.41, 5.74) is 0. The minimum absolute atomic E-state index is 0.274. The average Bonchev–Trinajstić information content (AvgIpc) is 3.22.